The average molecular weight is 477 g/mol. The van der Waals surface area contributed by atoms with Gasteiger partial charge in [-0.2, -0.15) is 13.2 Å². The summed E-state index contributed by atoms with van der Waals surface area (Å²) in [5.74, 6) is -0.465. The molecule has 4 nitrogen and oxygen atoms in total. The van der Waals surface area contributed by atoms with E-state index in [1.807, 2.05) is 61.5 Å². The number of pyridine rings is 1. The molecule has 1 aromatic heterocycles. The number of alkyl halides is 3. The Balaban J connectivity index is 1.68. The standard InChI is InChI=1S/C25H24ClF3N2O2/c1-16(22(19-6-4-3-5-7-19)14-18-8-11-21(26)12-9-18)31-24(32)17(2)33-23-13-10-20(15-30-23)25(27,28)29/h3-13,15-17,22H,14H2,1-2H3,(H,31,32). The highest BCUT2D eigenvalue weighted by Gasteiger charge is 2.31. The van der Waals surface area contributed by atoms with Crippen LogP contribution in [0.4, 0.5) is 13.2 Å². The van der Waals surface area contributed by atoms with Gasteiger partial charge in [0.1, 0.15) is 0 Å². The Morgan fingerprint density at radius 1 is 1.03 bits per heavy atom. The molecule has 1 heterocycles. The maximum absolute atomic E-state index is 12.8. The SMILES string of the molecule is CC(Oc1ccc(C(F)(F)F)cn1)C(=O)NC(C)C(Cc1ccc(Cl)cc1)c1ccccc1. The summed E-state index contributed by atoms with van der Waals surface area (Å²) in [5, 5.41) is 3.62. The summed E-state index contributed by atoms with van der Waals surface area (Å²) in [4.78, 5) is 16.4. The summed E-state index contributed by atoms with van der Waals surface area (Å²) in [6.07, 6.45) is -4.07. The van der Waals surface area contributed by atoms with Crippen LogP contribution < -0.4 is 10.1 Å². The number of benzene rings is 2. The van der Waals surface area contributed by atoms with E-state index in [2.05, 4.69) is 10.3 Å². The first-order valence-electron chi connectivity index (χ1n) is 10.4. The third-order valence-electron chi connectivity index (χ3n) is 5.30. The molecular weight excluding hydrogens is 453 g/mol. The van der Waals surface area contributed by atoms with Gasteiger partial charge in [0.05, 0.1) is 5.56 Å². The number of carbonyl (C=O) groups is 1. The fourth-order valence-corrected chi connectivity index (χ4v) is 3.58. The lowest BCUT2D eigenvalue weighted by atomic mass is 9.86. The Hall–Kier alpha value is -3.06. The first-order chi connectivity index (χ1) is 15.6. The molecule has 3 atom stereocenters. The molecule has 0 spiro atoms. The monoisotopic (exact) mass is 476 g/mol. The van der Waals surface area contributed by atoms with Crippen LogP contribution in [0.3, 0.4) is 0 Å². The van der Waals surface area contributed by atoms with Crippen molar-refractivity contribution in [3.05, 3.63) is 94.6 Å². The second-order valence-electron chi connectivity index (χ2n) is 7.79. The maximum atomic E-state index is 12.8. The van der Waals surface area contributed by atoms with Crippen LogP contribution in [0.1, 0.15) is 36.5 Å². The summed E-state index contributed by atoms with van der Waals surface area (Å²) in [5.41, 5.74) is 1.26. The van der Waals surface area contributed by atoms with E-state index in [0.29, 0.717) is 17.6 Å². The first-order valence-corrected chi connectivity index (χ1v) is 10.8. The Kier molecular flexibility index (Phi) is 7.97. The Labute approximate surface area is 195 Å². The van der Waals surface area contributed by atoms with Gasteiger partial charge in [0, 0.05) is 29.2 Å². The van der Waals surface area contributed by atoms with E-state index in [1.54, 1.807) is 0 Å². The van der Waals surface area contributed by atoms with Gasteiger partial charge in [-0.1, -0.05) is 54.1 Å². The van der Waals surface area contributed by atoms with Crippen molar-refractivity contribution >= 4 is 17.5 Å². The number of hydrogen-bond donors (Lipinski definition) is 1. The van der Waals surface area contributed by atoms with Crippen LogP contribution in [0.2, 0.25) is 5.02 Å². The van der Waals surface area contributed by atoms with Crippen LogP contribution >= 0.6 is 11.6 Å². The van der Waals surface area contributed by atoms with Crippen molar-refractivity contribution in [2.24, 2.45) is 0 Å². The molecule has 174 valence electrons. The van der Waals surface area contributed by atoms with Gasteiger partial charge in [0.2, 0.25) is 5.88 Å². The van der Waals surface area contributed by atoms with Crippen molar-refractivity contribution < 1.29 is 22.7 Å². The van der Waals surface area contributed by atoms with Gasteiger partial charge < -0.3 is 10.1 Å². The number of nitrogens with one attached hydrogen (secondary N) is 1. The first kappa shape index (κ1) is 24.6. The highest BCUT2D eigenvalue weighted by molar-refractivity contribution is 6.30. The highest BCUT2D eigenvalue weighted by Crippen LogP contribution is 2.29. The fourth-order valence-electron chi connectivity index (χ4n) is 3.45. The van der Waals surface area contributed by atoms with Gasteiger partial charge in [-0.3, -0.25) is 4.79 Å². The van der Waals surface area contributed by atoms with Crippen LogP contribution in [0.25, 0.3) is 0 Å². The summed E-state index contributed by atoms with van der Waals surface area (Å²) < 4.78 is 43.5. The van der Waals surface area contributed by atoms with Crippen molar-refractivity contribution in [3.8, 4) is 5.88 Å². The average Bonchev–Trinajstić information content (AvgIpc) is 2.79. The summed E-state index contributed by atoms with van der Waals surface area (Å²) in [6, 6.07) is 19.1. The minimum absolute atomic E-state index is 0.0206. The second kappa shape index (κ2) is 10.7. The highest BCUT2D eigenvalue weighted by atomic mass is 35.5. The van der Waals surface area contributed by atoms with Gasteiger partial charge in [-0.15, -0.1) is 0 Å². The molecule has 1 N–H and O–H groups in total. The minimum Gasteiger partial charge on any atom is -0.465 e. The Morgan fingerprint density at radius 3 is 2.27 bits per heavy atom. The summed E-state index contributed by atoms with van der Waals surface area (Å²) >= 11 is 6.00. The fraction of sp³-hybridized carbons (Fsp3) is 0.280. The minimum atomic E-state index is -4.49. The van der Waals surface area contributed by atoms with E-state index in [1.165, 1.54) is 6.92 Å². The summed E-state index contributed by atoms with van der Waals surface area (Å²) in [7, 11) is 0. The topological polar surface area (TPSA) is 51.2 Å². The molecule has 0 fully saturated rings. The Bertz CT molecular complexity index is 1040. The number of amides is 1. The van der Waals surface area contributed by atoms with Crippen LogP contribution in [0.15, 0.2) is 72.9 Å². The molecule has 2 aromatic carbocycles. The van der Waals surface area contributed by atoms with E-state index < -0.39 is 17.8 Å². The molecule has 0 aliphatic rings. The largest absolute Gasteiger partial charge is 0.465 e. The number of ether oxygens (including phenoxy) is 1. The van der Waals surface area contributed by atoms with Crippen molar-refractivity contribution in [1.82, 2.24) is 10.3 Å². The van der Waals surface area contributed by atoms with Gasteiger partial charge in [0.15, 0.2) is 6.10 Å². The van der Waals surface area contributed by atoms with E-state index in [4.69, 9.17) is 16.3 Å². The van der Waals surface area contributed by atoms with E-state index in [9.17, 15) is 18.0 Å². The van der Waals surface area contributed by atoms with Crippen LogP contribution in [-0.2, 0) is 17.4 Å². The van der Waals surface area contributed by atoms with Crippen LogP contribution in [-0.4, -0.2) is 23.0 Å². The zero-order valence-corrected chi connectivity index (χ0v) is 18.9. The molecule has 3 rings (SSSR count). The van der Waals surface area contributed by atoms with E-state index in [-0.39, 0.29) is 23.7 Å². The Morgan fingerprint density at radius 2 is 1.70 bits per heavy atom. The number of rotatable bonds is 8. The van der Waals surface area contributed by atoms with Gasteiger partial charge in [-0.25, -0.2) is 4.98 Å². The molecule has 0 bridgehead atoms. The molecule has 0 aliphatic heterocycles. The molecule has 33 heavy (non-hydrogen) atoms. The molecule has 0 saturated heterocycles. The van der Waals surface area contributed by atoms with Crippen LogP contribution in [0.5, 0.6) is 5.88 Å². The molecule has 3 unspecified atom stereocenters. The van der Waals surface area contributed by atoms with Gasteiger partial charge in [-0.05, 0) is 49.6 Å². The maximum Gasteiger partial charge on any atom is 0.417 e. The number of carbonyl (C=O) groups excluding carboxylic acids is 1. The van der Waals surface area contributed by atoms with Crippen molar-refractivity contribution in [2.75, 3.05) is 0 Å². The number of halogens is 4. The summed E-state index contributed by atoms with van der Waals surface area (Å²) in [6.45, 7) is 3.44. The molecule has 1 amide bonds. The molecule has 8 heteroatoms. The third-order valence-corrected chi connectivity index (χ3v) is 5.55. The smallest absolute Gasteiger partial charge is 0.417 e. The number of hydrogen-bond acceptors (Lipinski definition) is 3. The second-order valence-corrected chi connectivity index (χ2v) is 8.22. The lowest BCUT2D eigenvalue weighted by Gasteiger charge is -2.27. The van der Waals surface area contributed by atoms with Gasteiger partial charge >= 0.3 is 6.18 Å². The van der Waals surface area contributed by atoms with Crippen molar-refractivity contribution in [3.63, 3.8) is 0 Å². The van der Waals surface area contributed by atoms with Crippen LogP contribution in [0, 0.1) is 0 Å². The van der Waals surface area contributed by atoms with Gasteiger partial charge in [0.25, 0.3) is 5.91 Å². The third kappa shape index (κ3) is 6.96. The van der Waals surface area contributed by atoms with Crippen molar-refractivity contribution in [1.29, 1.82) is 0 Å². The lowest BCUT2D eigenvalue weighted by molar-refractivity contribution is -0.138. The number of nitrogens with zero attached hydrogens (tertiary/aromatic N) is 1. The predicted octanol–water partition coefficient (Wildman–Crippen LogP) is 6.05. The predicted molar refractivity (Wildman–Crippen MR) is 121 cm³/mol. The van der Waals surface area contributed by atoms with Crippen molar-refractivity contribution in [2.45, 2.75) is 44.5 Å². The number of aromatic nitrogens is 1. The zero-order chi connectivity index (χ0) is 24.0. The zero-order valence-electron chi connectivity index (χ0n) is 18.1. The molecule has 3 aromatic rings. The van der Waals surface area contributed by atoms with E-state index >= 15 is 0 Å². The molecular formula is C25H24ClF3N2O2. The molecule has 0 radical (unpaired) electrons. The molecule has 0 saturated carbocycles. The lowest BCUT2D eigenvalue weighted by Crippen LogP contribution is -2.44. The molecule has 0 aliphatic carbocycles. The normalized spacial score (nSPS) is 14.2. The van der Waals surface area contributed by atoms with E-state index in [0.717, 1.165) is 23.3 Å². The quantitative estimate of drug-likeness (QED) is 0.430.